The number of nitrogens with zero attached hydrogens (tertiary/aromatic N) is 1. The zero-order valence-electron chi connectivity index (χ0n) is 18.9. The second-order valence-corrected chi connectivity index (χ2v) is 8.32. The van der Waals surface area contributed by atoms with Gasteiger partial charge in [0.25, 0.3) is 0 Å². The summed E-state index contributed by atoms with van der Waals surface area (Å²) in [6.07, 6.45) is 1.51. The average molecular weight is 545 g/mol. The van der Waals surface area contributed by atoms with Crippen LogP contribution in [0.4, 0.5) is 4.79 Å². The van der Waals surface area contributed by atoms with Crippen LogP contribution < -0.4 is 21.3 Å². The molecule has 2 amide bonds. The summed E-state index contributed by atoms with van der Waals surface area (Å²) < 4.78 is 5.40. The summed E-state index contributed by atoms with van der Waals surface area (Å²) in [6.45, 7) is 9.63. The lowest BCUT2D eigenvalue weighted by Gasteiger charge is -2.23. The SMILES string of the molecule is CCNC(=NCC(NC(=O)OC(C)(C)C)c1ccccc1)NCCNC(=O)C1CC1.I. The van der Waals surface area contributed by atoms with E-state index in [0.29, 0.717) is 32.1 Å². The minimum atomic E-state index is -0.573. The molecule has 1 aliphatic carbocycles. The van der Waals surface area contributed by atoms with E-state index in [4.69, 9.17) is 4.74 Å². The van der Waals surface area contributed by atoms with Crippen LogP contribution in [0.3, 0.4) is 0 Å². The first-order valence-electron chi connectivity index (χ1n) is 10.6. The second kappa shape index (κ2) is 13.4. The van der Waals surface area contributed by atoms with E-state index in [9.17, 15) is 9.59 Å². The predicted octanol–water partition coefficient (Wildman–Crippen LogP) is 2.95. The number of benzene rings is 1. The van der Waals surface area contributed by atoms with Gasteiger partial charge in [0, 0.05) is 25.6 Å². The molecule has 31 heavy (non-hydrogen) atoms. The summed E-state index contributed by atoms with van der Waals surface area (Å²) >= 11 is 0. The van der Waals surface area contributed by atoms with Gasteiger partial charge in [-0.2, -0.15) is 0 Å². The Morgan fingerprint density at radius 2 is 1.74 bits per heavy atom. The summed E-state index contributed by atoms with van der Waals surface area (Å²) in [5.41, 5.74) is 0.371. The van der Waals surface area contributed by atoms with Crippen molar-refractivity contribution in [2.45, 2.75) is 52.2 Å². The van der Waals surface area contributed by atoms with Crippen LogP contribution in [0.15, 0.2) is 35.3 Å². The Hall–Kier alpha value is -2.04. The maximum atomic E-state index is 12.3. The molecule has 0 saturated heterocycles. The maximum Gasteiger partial charge on any atom is 0.408 e. The Balaban J connectivity index is 0.00000480. The van der Waals surface area contributed by atoms with E-state index in [0.717, 1.165) is 18.4 Å². The van der Waals surface area contributed by atoms with E-state index in [1.165, 1.54) is 0 Å². The average Bonchev–Trinajstić information content (AvgIpc) is 3.52. The molecule has 1 fully saturated rings. The van der Waals surface area contributed by atoms with Crippen molar-refractivity contribution in [3.05, 3.63) is 35.9 Å². The minimum absolute atomic E-state index is 0. The maximum absolute atomic E-state index is 12.3. The van der Waals surface area contributed by atoms with Gasteiger partial charge >= 0.3 is 6.09 Å². The standard InChI is InChI=1S/C22H35N5O3.HI/c1-5-23-20(25-14-13-24-19(28)17-11-12-17)26-15-18(16-9-7-6-8-10-16)27-21(29)30-22(2,3)4;/h6-10,17-18H,5,11-15H2,1-4H3,(H,24,28)(H,27,29)(H2,23,25,26);1H. The monoisotopic (exact) mass is 545 g/mol. The van der Waals surface area contributed by atoms with Crippen molar-refractivity contribution in [2.75, 3.05) is 26.2 Å². The topological polar surface area (TPSA) is 104 Å². The number of alkyl carbamates (subject to hydrolysis) is 1. The normalized spacial score (nSPS) is 14.6. The van der Waals surface area contributed by atoms with Gasteiger partial charge in [-0.1, -0.05) is 30.3 Å². The number of aliphatic imine (C=N–C) groups is 1. The highest BCUT2D eigenvalue weighted by Gasteiger charge is 2.29. The van der Waals surface area contributed by atoms with Gasteiger partial charge in [-0.3, -0.25) is 9.79 Å². The quantitative estimate of drug-likeness (QED) is 0.165. The van der Waals surface area contributed by atoms with E-state index in [-0.39, 0.29) is 41.8 Å². The molecular formula is C22H36IN5O3. The molecule has 0 radical (unpaired) electrons. The van der Waals surface area contributed by atoms with Crippen molar-refractivity contribution in [2.24, 2.45) is 10.9 Å². The van der Waals surface area contributed by atoms with Crippen molar-refractivity contribution < 1.29 is 14.3 Å². The van der Waals surface area contributed by atoms with Crippen LogP contribution in [0.1, 0.15) is 52.1 Å². The third kappa shape index (κ3) is 11.2. The molecule has 1 aliphatic rings. The number of amides is 2. The fourth-order valence-electron chi connectivity index (χ4n) is 2.75. The molecule has 0 heterocycles. The highest BCUT2D eigenvalue weighted by atomic mass is 127. The molecule has 1 atom stereocenters. The first-order valence-corrected chi connectivity index (χ1v) is 10.6. The number of carbonyl (C=O) groups excluding carboxylic acids is 2. The van der Waals surface area contributed by atoms with Gasteiger partial charge in [0.1, 0.15) is 5.60 Å². The summed E-state index contributed by atoms with van der Waals surface area (Å²) in [4.78, 5) is 28.6. The van der Waals surface area contributed by atoms with Gasteiger partial charge in [-0.05, 0) is 46.1 Å². The summed E-state index contributed by atoms with van der Waals surface area (Å²) in [6, 6.07) is 9.35. The van der Waals surface area contributed by atoms with Gasteiger partial charge in [-0.25, -0.2) is 4.79 Å². The van der Waals surface area contributed by atoms with Crippen LogP contribution in [-0.2, 0) is 9.53 Å². The Morgan fingerprint density at radius 1 is 1.10 bits per heavy atom. The van der Waals surface area contributed by atoms with Crippen molar-refractivity contribution in [1.82, 2.24) is 21.3 Å². The molecule has 8 nitrogen and oxygen atoms in total. The Bertz CT molecular complexity index is 718. The number of guanidine groups is 1. The largest absolute Gasteiger partial charge is 0.444 e. The minimum Gasteiger partial charge on any atom is -0.444 e. The van der Waals surface area contributed by atoms with Crippen molar-refractivity contribution >= 4 is 41.9 Å². The number of hydrogen-bond donors (Lipinski definition) is 4. The number of rotatable bonds is 9. The molecule has 2 rings (SSSR count). The Morgan fingerprint density at radius 3 is 2.32 bits per heavy atom. The number of hydrogen-bond acceptors (Lipinski definition) is 4. The molecule has 174 valence electrons. The number of ether oxygens (including phenoxy) is 1. The smallest absolute Gasteiger partial charge is 0.408 e. The molecular weight excluding hydrogens is 509 g/mol. The van der Waals surface area contributed by atoms with Gasteiger partial charge < -0.3 is 26.0 Å². The molecule has 1 saturated carbocycles. The van der Waals surface area contributed by atoms with Crippen LogP contribution >= 0.6 is 24.0 Å². The van der Waals surface area contributed by atoms with E-state index in [1.807, 2.05) is 58.0 Å². The highest BCUT2D eigenvalue weighted by Crippen LogP contribution is 2.28. The number of halogens is 1. The van der Waals surface area contributed by atoms with E-state index >= 15 is 0 Å². The molecule has 1 aromatic carbocycles. The first-order chi connectivity index (χ1) is 14.3. The van der Waals surface area contributed by atoms with Crippen molar-refractivity contribution in [3.63, 3.8) is 0 Å². The molecule has 0 bridgehead atoms. The van der Waals surface area contributed by atoms with Crippen LogP contribution in [0.25, 0.3) is 0 Å². The van der Waals surface area contributed by atoms with E-state index in [2.05, 4.69) is 26.3 Å². The molecule has 4 N–H and O–H groups in total. The van der Waals surface area contributed by atoms with E-state index < -0.39 is 11.7 Å². The number of carbonyl (C=O) groups is 2. The predicted molar refractivity (Wildman–Crippen MR) is 134 cm³/mol. The molecule has 0 aromatic heterocycles. The lowest BCUT2D eigenvalue weighted by atomic mass is 10.1. The summed E-state index contributed by atoms with van der Waals surface area (Å²) in [5.74, 6) is 0.965. The van der Waals surface area contributed by atoms with Crippen LogP contribution in [0, 0.1) is 5.92 Å². The zero-order valence-corrected chi connectivity index (χ0v) is 21.2. The Kier molecular flexibility index (Phi) is 11.7. The van der Waals surface area contributed by atoms with Crippen LogP contribution in [0.5, 0.6) is 0 Å². The fraction of sp³-hybridized carbons (Fsp3) is 0.591. The molecule has 0 aliphatic heterocycles. The highest BCUT2D eigenvalue weighted by molar-refractivity contribution is 14.0. The van der Waals surface area contributed by atoms with Gasteiger partial charge in [-0.15, -0.1) is 24.0 Å². The third-order valence-corrected chi connectivity index (χ3v) is 4.33. The third-order valence-electron chi connectivity index (χ3n) is 4.33. The molecule has 1 aromatic rings. The van der Waals surface area contributed by atoms with Gasteiger partial charge in [0.2, 0.25) is 5.91 Å². The lowest BCUT2D eigenvalue weighted by Crippen LogP contribution is -2.42. The molecule has 1 unspecified atom stereocenters. The summed E-state index contributed by atoms with van der Waals surface area (Å²) in [5, 5.41) is 12.2. The van der Waals surface area contributed by atoms with Crippen molar-refractivity contribution in [3.8, 4) is 0 Å². The van der Waals surface area contributed by atoms with Crippen LogP contribution in [0.2, 0.25) is 0 Å². The van der Waals surface area contributed by atoms with E-state index in [1.54, 1.807) is 0 Å². The summed E-state index contributed by atoms with van der Waals surface area (Å²) in [7, 11) is 0. The molecule has 9 heteroatoms. The number of nitrogens with one attached hydrogen (secondary N) is 4. The Labute approximate surface area is 202 Å². The zero-order chi connectivity index (χ0) is 22.0. The second-order valence-electron chi connectivity index (χ2n) is 8.32. The lowest BCUT2D eigenvalue weighted by molar-refractivity contribution is -0.122. The van der Waals surface area contributed by atoms with Crippen molar-refractivity contribution in [1.29, 1.82) is 0 Å². The first kappa shape index (κ1) is 27.0. The van der Waals surface area contributed by atoms with Crippen LogP contribution in [-0.4, -0.2) is 49.7 Å². The van der Waals surface area contributed by atoms with Gasteiger partial charge in [0.15, 0.2) is 5.96 Å². The molecule has 0 spiro atoms. The fourth-order valence-corrected chi connectivity index (χ4v) is 2.75. The van der Waals surface area contributed by atoms with Gasteiger partial charge in [0.05, 0.1) is 12.6 Å².